The maximum atomic E-state index is 12.6. The minimum absolute atomic E-state index is 0.0151. The number of rotatable bonds is 8. The van der Waals surface area contributed by atoms with Crippen LogP contribution in [0.25, 0.3) is 0 Å². The summed E-state index contributed by atoms with van der Waals surface area (Å²) in [5, 5.41) is 11.4. The minimum Gasteiger partial charge on any atom is -0.347 e. The molecule has 33 heavy (non-hydrogen) atoms. The molecule has 2 heterocycles. The first-order valence-electron chi connectivity index (χ1n) is 11.0. The Labute approximate surface area is 203 Å². The van der Waals surface area contributed by atoms with E-state index in [-0.39, 0.29) is 18.0 Å². The van der Waals surface area contributed by atoms with Crippen molar-refractivity contribution in [2.24, 2.45) is 0 Å². The van der Waals surface area contributed by atoms with E-state index in [1.165, 1.54) is 0 Å². The number of nitrogens with one attached hydrogen (secondary N) is 3. The molecular weight excluding hydrogens is 456 g/mol. The second-order valence-electron chi connectivity index (χ2n) is 7.96. The van der Waals surface area contributed by atoms with E-state index in [4.69, 9.17) is 11.6 Å². The lowest BCUT2D eigenvalue weighted by atomic mass is 10.1. The van der Waals surface area contributed by atoms with E-state index in [2.05, 4.69) is 20.9 Å². The smallest absolute Gasteiger partial charge is 0.319 e. The third-order valence-corrected chi connectivity index (χ3v) is 6.91. The van der Waals surface area contributed by atoms with Crippen LogP contribution in [0.5, 0.6) is 0 Å². The summed E-state index contributed by atoms with van der Waals surface area (Å²) in [6.45, 7) is 2.90. The Balaban J connectivity index is 1.35. The van der Waals surface area contributed by atoms with E-state index in [9.17, 15) is 9.59 Å². The molecule has 4 rings (SSSR count). The van der Waals surface area contributed by atoms with E-state index in [1.807, 2.05) is 41.8 Å². The van der Waals surface area contributed by atoms with Crippen LogP contribution >= 0.6 is 22.9 Å². The fraction of sp³-hybridized carbons (Fsp3) is 0.280. The van der Waals surface area contributed by atoms with Gasteiger partial charge in [-0.15, -0.1) is 11.3 Å². The summed E-state index contributed by atoms with van der Waals surface area (Å²) in [5.41, 5.74) is 2.08. The van der Waals surface area contributed by atoms with Crippen LogP contribution in [-0.2, 0) is 6.54 Å². The van der Waals surface area contributed by atoms with Crippen molar-refractivity contribution in [2.75, 3.05) is 25.0 Å². The summed E-state index contributed by atoms with van der Waals surface area (Å²) >= 11 is 8.05. The summed E-state index contributed by atoms with van der Waals surface area (Å²) in [6, 6.07) is 18.3. The van der Waals surface area contributed by atoms with Gasteiger partial charge in [0.15, 0.2) is 0 Å². The van der Waals surface area contributed by atoms with Crippen LogP contribution in [0, 0.1) is 0 Å². The van der Waals surface area contributed by atoms with E-state index in [0.717, 1.165) is 36.4 Å². The lowest BCUT2D eigenvalue weighted by Crippen LogP contribution is -2.38. The van der Waals surface area contributed by atoms with Gasteiger partial charge < -0.3 is 16.0 Å². The topological polar surface area (TPSA) is 73.5 Å². The lowest BCUT2D eigenvalue weighted by Gasteiger charge is -2.29. The monoisotopic (exact) mass is 482 g/mol. The van der Waals surface area contributed by atoms with Gasteiger partial charge in [-0.25, -0.2) is 4.79 Å². The predicted octanol–water partition coefficient (Wildman–Crippen LogP) is 5.29. The van der Waals surface area contributed by atoms with Gasteiger partial charge in [-0.05, 0) is 67.2 Å². The van der Waals surface area contributed by atoms with Crippen LogP contribution in [0.1, 0.15) is 39.7 Å². The zero-order chi connectivity index (χ0) is 23.0. The highest BCUT2D eigenvalue weighted by Gasteiger charge is 2.25. The molecule has 0 radical (unpaired) electrons. The van der Waals surface area contributed by atoms with Gasteiger partial charge in [0.2, 0.25) is 0 Å². The van der Waals surface area contributed by atoms with Crippen molar-refractivity contribution in [1.29, 1.82) is 0 Å². The molecule has 6 nitrogen and oxygen atoms in total. The summed E-state index contributed by atoms with van der Waals surface area (Å²) in [6.07, 6.45) is 2.29. The number of likely N-dealkylation sites (tertiary alicyclic amines) is 1. The van der Waals surface area contributed by atoms with Gasteiger partial charge in [-0.1, -0.05) is 41.9 Å². The molecule has 1 saturated heterocycles. The first-order chi connectivity index (χ1) is 16.1. The maximum absolute atomic E-state index is 12.6. The Morgan fingerprint density at radius 3 is 2.58 bits per heavy atom. The minimum atomic E-state index is -0.317. The van der Waals surface area contributed by atoms with Gasteiger partial charge in [0.05, 0.1) is 12.6 Å². The lowest BCUT2D eigenvalue weighted by molar-refractivity contribution is 0.0951. The van der Waals surface area contributed by atoms with Crippen LogP contribution in [0.2, 0.25) is 5.02 Å². The zero-order valence-electron chi connectivity index (χ0n) is 18.2. The molecule has 172 valence electrons. The van der Waals surface area contributed by atoms with Crippen LogP contribution < -0.4 is 16.0 Å². The molecule has 0 bridgehead atoms. The maximum Gasteiger partial charge on any atom is 0.319 e. The zero-order valence-corrected chi connectivity index (χ0v) is 19.8. The Bertz CT molecular complexity index is 1080. The van der Waals surface area contributed by atoms with E-state index < -0.39 is 0 Å². The molecule has 1 aliphatic rings. The fourth-order valence-electron chi connectivity index (χ4n) is 4.02. The SMILES string of the molecule is O=C(NCC(c1ccccc1Cl)N1CCCC1)Nc1cccc(C(=O)NCc2cccs2)c1. The van der Waals surface area contributed by atoms with Crippen molar-refractivity contribution < 1.29 is 9.59 Å². The van der Waals surface area contributed by atoms with Crippen LogP contribution in [0.3, 0.4) is 0 Å². The Morgan fingerprint density at radius 2 is 1.82 bits per heavy atom. The number of halogens is 1. The number of carbonyl (C=O) groups is 2. The molecular formula is C25H27ClN4O2S. The molecule has 1 fully saturated rings. The molecule has 1 aromatic heterocycles. The van der Waals surface area contributed by atoms with Crippen molar-refractivity contribution >= 4 is 40.6 Å². The average Bonchev–Trinajstić information content (AvgIpc) is 3.54. The van der Waals surface area contributed by atoms with E-state index >= 15 is 0 Å². The second-order valence-corrected chi connectivity index (χ2v) is 9.40. The number of hydrogen-bond acceptors (Lipinski definition) is 4. The average molecular weight is 483 g/mol. The molecule has 3 aromatic rings. The van der Waals surface area contributed by atoms with Crippen LogP contribution in [0.15, 0.2) is 66.0 Å². The van der Waals surface area contributed by atoms with Crippen molar-refractivity contribution in [2.45, 2.75) is 25.4 Å². The standard InChI is InChI=1S/C25H27ClN4O2S/c26-22-11-2-1-10-21(22)23(30-12-3-4-13-30)17-28-25(32)29-19-8-5-7-18(15-19)24(31)27-16-20-9-6-14-33-20/h1-2,5-11,14-15,23H,3-4,12-13,16-17H2,(H,27,31)(H2,28,29,32). The van der Waals surface area contributed by atoms with Gasteiger partial charge in [0.1, 0.15) is 0 Å². The Hall–Kier alpha value is -2.87. The molecule has 1 aliphatic heterocycles. The van der Waals surface area contributed by atoms with E-state index in [1.54, 1.807) is 35.6 Å². The van der Waals surface area contributed by atoms with Gasteiger partial charge in [-0.2, -0.15) is 0 Å². The molecule has 0 saturated carbocycles. The van der Waals surface area contributed by atoms with Crippen molar-refractivity contribution in [1.82, 2.24) is 15.5 Å². The van der Waals surface area contributed by atoms with Crippen molar-refractivity contribution in [3.63, 3.8) is 0 Å². The number of benzene rings is 2. The number of anilines is 1. The predicted molar refractivity (Wildman–Crippen MR) is 134 cm³/mol. The molecule has 3 amide bonds. The third kappa shape index (κ3) is 6.35. The summed E-state index contributed by atoms with van der Waals surface area (Å²) in [7, 11) is 0. The molecule has 8 heteroatoms. The summed E-state index contributed by atoms with van der Waals surface area (Å²) in [4.78, 5) is 28.6. The van der Waals surface area contributed by atoms with Crippen LogP contribution in [0.4, 0.5) is 10.5 Å². The molecule has 0 spiro atoms. The largest absolute Gasteiger partial charge is 0.347 e. The number of nitrogens with zero attached hydrogens (tertiary/aromatic N) is 1. The van der Waals surface area contributed by atoms with Gasteiger partial charge in [-0.3, -0.25) is 9.69 Å². The number of amides is 3. The number of carbonyl (C=O) groups excluding carboxylic acids is 2. The number of thiophene rings is 1. The number of urea groups is 1. The highest BCUT2D eigenvalue weighted by molar-refractivity contribution is 7.09. The number of hydrogen-bond donors (Lipinski definition) is 3. The van der Waals surface area contributed by atoms with Gasteiger partial charge in [0, 0.05) is 27.7 Å². The molecule has 1 atom stereocenters. The fourth-order valence-corrected chi connectivity index (χ4v) is 4.93. The molecule has 1 unspecified atom stereocenters. The quantitative estimate of drug-likeness (QED) is 0.408. The highest BCUT2D eigenvalue weighted by atomic mass is 35.5. The van der Waals surface area contributed by atoms with Crippen molar-refractivity contribution in [3.8, 4) is 0 Å². The van der Waals surface area contributed by atoms with E-state index in [0.29, 0.717) is 29.4 Å². The Morgan fingerprint density at radius 1 is 1.00 bits per heavy atom. The van der Waals surface area contributed by atoms with Gasteiger partial charge >= 0.3 is 6.03 Å². The molecule has 2 aromatic carbocycles. The first-order valence-corrected chi connectivity index (χ1v) is 12.3. The van der Waals surface area contributed by atoms with Crippen molar-refractivity contribution in [3.05, 3.63) is 87.1 Å². The van der Waals surface area contributed by atoms with Gasteiger partial charge in [0.25, 0.3) is 5.91 Å². The Kier molecular flexibility index (Phi) is 7.99. The van der Waals surface area contributed by atoms with Crippen LogP contribution in [-0.4, -0.2) is 36.5 Å². The second kappa shape index (κ2) is 11.3. The third-order valence-electron chi connectivity index (χ3n) is 5.69. The molecule has 0 aliphatic carbocycles. The highest BCUT2D eigenvalue weighted by Crippen LogP contribution is 2.29. The molecule has 3 N–H and O–H groups in total. The summed E-state index contributed by atoms with van der Waals surface area (Å²) in [5.74, 6) is -0.180. The summed E-state index contributed by atoms with van der Waals surface area (Å²) < 4.78 is 0. The first kappa shape index (κ1) is 23.3. The normalized spacial score (nSPS) is 14.6.